The molecule has 0 radical (unpaired) electrons. The van der Waals surface area contributed by atoms with Crippen LogP contribution in [0.25, 0.3) is 23.0 Å². The molecule has 0 aliphatic carbocycles. The molecule has 0 saturated carbocycles. The van der Waals surface area contributed by atoms with Crippen LogP contribution in [-0.2, 0) is 4.79 Å². The molecule has 0 bridgehead atoms. The largest absolute Gasteiger partial charge is 0.478 e. The van der Waals surface area contributed by atoms with E-state index < -0.39 is 5.97 Å². The average molecular weight is 411 g/mol. The Bertz CT molecular complexity index is 1300. The number of fused-ring (bicyclic) bond motifs is 1. The van der Waals surface area contributed by atoms with Crippen molar-refractivity contribution >= 4 is 29.3 Å². The number of aryl methyl sites for hydroxylation is 2. The quantitative estimate of drug-likeness (QED) is 0.454. The summed E-state index contributed by atoms with van der Waals surface area (Å²) in [7, 11) is 0. The maximum absolute atomic E-state index is 12.5. The molecule has 0 spiro atoms. The van der Waals surface area contributed by atoms with E-state index in [1.165, 1.54) is 18.2 Å². The van der Waals surface area contributed by atoms with E-state index in [9.17, 15) is 9.59 Å². The second-order valence-electron chi connectivity index (χ2n) is 7.35. The lowest BCUT2D eigenvalue weighted by Crippen LogP contribution is -2.08. The molecule has 2 N–H and O–H groups in total. The van der Waals surface area contributed by atoms with Crippen molar-refractivity contribution in [3.8, 4) is 11.3 Å². The fourth-order valence-corrected chi connectivity index (χ4v) is 3.28. The highest BCUT2D eigenvalue weighted by atomic mass is 16.4. The number of amides is 1. The van der Waals surface area contributed by atoms with Crippen LogP contribution in [0, 0.1) is 13.8 Å². The molecule has 2 aromatic heterocycles. The van der Waals surface area contributed by atoms with E-state index in [0.29, 0.717) is 5.69 Å². The van der Waals surface area contributed by atoms with Gasteiger partial charge in [0, 0.05) is 23.5 Å². The number of rotatable bonds is 5. The topological polar surface area (TPSA) is 83.7 Å². The highest BCUT2D eigenvalue weighted by Gasteiger charge is 2.13. The van der Waals surface area contributed by atoms with Gasteiger partial charge >= 0.3 is 5.97 Å². The molecule has 4 aromatic rings. The van der Waals surface area contributed by atoms with Gasteiger partial charge in [-0.2, -0.15) is 0 Å². The molecule has 0 fully saturated rings. The summed E-state index contributed by atoms with van der Waals surface area (Å²) in [6.07, 6.45) is 5.13. The summed E-state index contributed by atoms with van der Waals surface area (Å²) < 4.78 is 1.95. The van der Waals surface area contributed by atoms with Crippen molar-refractivity contribution in [2.75, 3.05) is 5.32 Å². The first-order valence-corrected chi connectivity index (χ1v) is 9.79. The lowest BCUT2D eigenvalue weighted by atomic mass is 10.1. The maximum atomic E-state index is 12.5. The lowest BCUT2D eigenvalue weighted by Gasteiger charge is -2.04. The number of imidazole rings is 1. The fourth-order valence-electron chi connectivity index (χ4n) is 3.28. The number of carbonyl (C=O) groups is 2. The molecule has 0 aliphatic rings. The van der Waals surface area contributed by atoms with Gasteiger partial charge in [0.05, 0.1) is 17.0 Å². The van der Waals surface area contributed by atoms with Gasteiger partial charge < -0.3 is 10.4 Å². The summed E-state index contributed by atoms with van der Waals surface area (Å²) in [6.45, 7) is 4.05. The molecule has 2 aromatic carbocycles. The molecule has 4 rings (SSSR count). The van der Waals surface area contributed by atoms with E-state index in [2.05, 4.69) is 5.32 Å². The number of hydrogen-bond acceptors (Lipinski definition) is 3. The summed E-state index contributed by atoms with van der Waals surface area (Å²) in [5.41, 5.74) is 6.32. The lowest BCUT2D eigenvalue weighted by molar-refractivity contribution is -0.111. The Labute approximate surface area is 179 Å². The third kappa shape index (κ3) is 4.38. The van der Waals surface area contributed by atoms with E-state index in [0.717, 1.165) is 33.7 Å². The summed E-state index contributed by atoms with van der Waals surface area (Å²) in [6, 6.07) is 18.1. The normalized spacial score (nSPS) is 11.2. The number of nitrogens with zero attached hydrogens (tertiary/aromatic N) is 2. The molecular formula is C25H21N3O3. The molecule has 6 heteroatoms. The zero-order valence-corrected chi connectivity index (χ0v) is 17.2. The Morgan fingerprint density at radius 1 is 0.968 bits per heavy atom. The van der Waals surface area contributed by atoms with Gasteiger partial charge in [-0.05, 0) is 61.9 Å². The second kappa shape index (κ2) is 8.28. The van der Waals surface area contributed by atoms with E-state index in [1.54, 1.807) is 18.2 Å². The number of carboxylic acid groups (broad SMARTS) is 1. The van der Waals surface area contributed by atoms with Crippen molar-refractivity contribution in [1.82, 2.24) is 9.38 Å². The zero-order valence-electron chi connectivity index (χ0n) is 17.2. The Morgan fingerprint density at radius 2 is 1.68 bits per heavy atom. The Balaban J connectivity index is 1.65. The van der Waals surface area contributed by atoms with Crippen molar-refractivity contribution < 1.29 is 14.7 Å². The number of benzene rings is 2. The highest BCUT2D eigenvalue weighted by molar-refractivity contribution is 6.02. The van der Waals surface area contributed by atoms with Crippen LogP contribution in [0.5, 0.6) is 0 Å². The number of nitrogens with one attached hydrogen (secondary N) is 1. The van der Waals surface area contributed by atoms with Gasteiger partial charge in [0.25, 0.3) is 0 Å². The van der Waals surface area contributed by atoms with Gasteiger partial charge in [-0.1, -0.05) is 29.8 Å². The molecule has 0 unspecified atom stereocenters. The van der Waals surface area contributed by atoms with Crippen LogP contribution in [0.15, 0.2) is 72.9 Å². The van der Waals surface area contributed by atoms with Crippen molar-refractivity contribution in [3.63, 3.8) is 0 Å². The third-order valence-corrected chi connectivity index (χ3v) is 4.94. The molecule has 0 aliphatic heterocycles. The fraction of sp³-hybridized carbons (Fsp3) is 0.0800. The smallest absolute Gasteiger partial charge is 0.335 e. The number of anilines is 1. The number of carboxylic acids is 1. The van der Waals surface area contributed by atoms with Crippen LogP contribution >= 0.6 is 0 Å². The minimum Gasteiger partial charge on any atom is -0.478 e. The molecule has 2 heterocycles. The third-order valence-electron chi connectivity index (χ3n) is 4.94. The predicted molar refractivity (Wildman–Crippen MR) is 121 cm³/mol. The monoisotopic (exact) mass is 411 g/mol. The van der Waals surface area contributed by atoms with Gasteiger partial charge in [-0.3, -0.25) is 9.20 Å². The van der Waals surface area contributed by atoms with Crippen LogP contribution in [0.3, 0.4) is 0 Å². The first-order chi connectivity index (χ1) is 14.9. The number of aromatic carboxylic acids is 1. The van der Waals surface area contributed by atoms with Gasteiger partial charge in [-0.25, -0.2) is 9.78 Å². The van der Waals surface area contributed by atoms with Crippen LogP contribution in [0.2, 0.25) is 0 Å². The molecule has 6 nitrogen and oxygen atoms in total. The van der Waals surface area contributed by atoms with Crippen molar-refractivity contribution in [1.29, 1.82) is 0 Å². The van der Waals surface area contributed by atoms with Crippen molar-refractivity contribution in [2.24, 2.45) is 0 Å². The van der Waals surface area contributed by atoms with Crippen LogP contribution in [0.4, 0.5) is 5.69 Å². The zero-order chi connectivity index (χ0) is 22.0. The number of hydrogen-bond donors (Lipinski definition) is 2. The summed E-state index contributed by atoms with van der Waals surface area (Å²) in [5.74, 6) is -1.33. The number of pyridine rings is 1. The van der Waals surface area contributed by atoms with E-state index >= 15 is 0 Å². The SMILES string of the molecule is Cc1ccc(-c2nc3cc(C)ccn3c2/C=C/C(=O)Nc2ccc(C(=O)O)cc2)cc1. The van der Waals surface area contributed by atoms with Crippen LogP contribution < -0.4 is 5.32 Å². The van der Waals surface area contributed by atoms with Gasteiger partial charge in [-0.15, -0.1) is 0 Å². The van der Waals surface area contributed by atoms with E-state index in [4.69, 9.17) is 10.1 Å². The van der Waals surface area contributed by atoms with E-state index in [1.807, 2.05) is 60.8 Å². The average Bonchev–Trinajstić information content (AvgIpc) is 3.10. The van der Waals surface area contributed by atoms with Gasteiger partial charge in [0.1, 0.15) is 5.65 Å². The number of carbonyl (C=O) groups excluding carboxylic acids is 1. The standard InChI is InChI=1S/C25H21N3O3/c1-16-3-5-18(6-4-16)24-21(28-14-13-17(2)15-22(28)27-24)11-12-23(29)26-20-9-7-19(8-10-20)25(30)31/h3-15H,1-2H3,(H,26,29)(H,30,31)/b12-11+. The predicted octanol–water partition coefficient (Wildman–Crippen LogP) is 4.97. The van der Waals surface area contributed by atoms with E-state index in [-0.39, 0.29) is 11.5 Å². The minimum absolute atomic E-state index is 0.164. The highest BCUT2D eigenvalue weighted by Crippen LogP contribution is 2.26. The summed E-state index contributed by atoms with van der Waals surface area (Å²) >= 11 is 0. The van der Waals surface area contributed by atoms with Gasteiger partial charge in [0.15, 0.2) is 0 Å². The second-order valence-corrected chi connectivity index (χ2v) is 7.35. The Kier molecular flexibility index (Phi) is 5.37. The molecular weight excluding hydrogens is 390 g/mol. The van der Waals surface area contributed by atoms with Crippen LogP contribution in [-0.4, -0.2) is 26.4 Å². The van der Waals surface area contributed by atoms with Crippen LogP contribution in [0.1, 0.15) is 27.2 Å². The number of aromatic nitrogens is 2. The molecule has 0 atom stereocenters. The summed E-state index contributed by atoms with van der Waals surface area (Å²) in [5, 5.41) is 11.7. The maximum Gasteiger partial charge on any atom is 0.335 e. The molecule has 31 heavy (non-hydrogen) atoms. The first kappa shape index (κ1) is 20.1. The Morgan fingerprint density at radius 3 is 2.35 bits per heavy atom. The van der Waals surface area contributed by atoms with Crippen molar-refractivity contribution in [2.45, 2.75) is 13.8 Å². The summed E-state index contributed by atoms with van der Waals surface area (Å²) in [4.78, 5) is 28.2. The molecule has 154 valence electrons. The Hall–Kier alpha value is -4.19. The first-order valence-electron chi connectivity index (χ1n) is 9.79. The minimum atomic E-state index is -1.01. The molecule has 0 saturated heterocycles. The van der Waals surface area contributed by atoms with Gasteiger partial charge in [0.2, 0.25) is 5.91 Å². The molecule has 1 amide bonds. The van der Waals surface area contributed by atoms with Crippen molar-refractivity contribution in [3.05, 3.63) is 95.3 Å².